The van der Waals surface area contributed by atoms with Crippen molar-refractivity contribution < 1.29 is 38.1 Å². The molecule has 2 aliphatic carbocycles. The van der Waals surface area contributed by atoms with E-state index in [0.717, 1.165) is 43.0 Å². The lowest BCUT2D eigenvalue weighted by molar-refractivity contribution is -0.142. The van der Waals surface area contributed by atoms with Crippen molar-refractivity contribution in [3.8, 4) is 0 Å². The van der Waals surface area contributed by atoms with Gasteiger partial charge in [-0.25, -0.2) is 14.0 Å². The van der Waals surface area contributed by atoms with Gasteiger partial charge in [0.05, 0.1) is 17.7 Å². The highest BCUT2D eigenvalue weighted by Crippen LogP contribution is 2.42. The summed E-state index contributed by atoms with van der Waals surface area (Å²) in [6, 6.07) is 5.93. The molecule has 3 heterocycles. The normalized spacial score (nSPS) is 29.7. The second-order valence-corrected chi connectivity index (χ2v) is 14.0. The summed E-state index contributed by atoms with van der Waals surface area (Å²) in [6.07, 6.45) is 5.62. The first-order chi connectivity index (χ1) is 22.0. The molecule has 3 N–H and O–H groups in total. The maximum atomic E-state index is 14.2. The number of likely N-dealkylation sites (tertiary alicyclic amines) is 1. The second-order valence-electron chi connectivity index (χ2n) is 14.0. The van der Waals surface area contributed by atoms with Crippen LogP contribution >= 0.6 is 0 Å². The molecule has 2 aromatic rings. The monoisotopic (exact) mass is 640 g/mol. The number of aromatic nitrogens is 1. The van der Waals surface area contributed by atoms with E-state index >= 15 is 0 Å². The summed E-state index contributed by atoms with van der Waals surface area (Å²) >= 11 is 0. The molecule has 3 atom stereocenters. The SMILES string of the molecule is CO[C@H]1CC[C@H]([C@@H]2CCN(C(=O)C3CCC([C@@H](CF)NC(=O)O)CC3)[C@@H]2C(=O)Nc2ccc3c(c2)cc2n3C(C)(C)OC2=O)CC1. The van der Waals surface area contributed by atoms with Crippen LogP contribution in [0.4, 0.5) is 14.9 Å². The molecule has 6 rings (SSSR count). The highest BCUT2D eigenvalue weighted by molar-refractivity contribution is 6.02. The van der Waals surface area contributed by atoms with E-state index in [1.165, 1.54) is 0 Å². The van der Waals surface area contributed by atoms with Gasteiger partial charge in [-0.2, -0.15) is 0 Å². The van der Waals surface area contributed by atoms with Gasteiger partial charge in [-0.05, 0) is 114 Å². The average molecular weight is 641 g/mol. The number of carboxylic acid groups (broad SMARTS) is 1. The number of amides is 3. The molecule has 11 nitrogen and oxygen atoms in total. The minimum absolute atomic E-state index is 0.0198. The van der Waals surface area contributed by atoms with Gasteiger partial charge in [0.15, 0.2) is 5.72 Å². The molecular formula is C34H45FN4O7. The maximum absolute atomic E-state index is 14.2. The summed E-state index contributed by atoms with van der Waals surface area (Å²) < 4.78 is 26.5. The number of nitrogens with zero attached hydrogens (tertiary/aromatic N) is 2. The number of esters is 1. The van der Waals surface area contributed by atoms with Gasteiger partial charge < -0.3 is 30.1 Å². The van der Waals surface area contributed by atoms with Crippen molar-refractivity contribution in [2.75, 3.05) is 25.6 Å². The fourth-order valence-corrected chi connectivity index (χ4v) is 8.65. The number of fused-ring (bicyclic) bond motifs is 3. The van der Waals surface area contributed by atoms with Gasteiger partial charge in [0.25, 0.3) is 0 Å². The van der Waals surface area contributed by atoms with Gasteiger partial charge in [-0.1, -0.05) is 0 Å². The number of carbonyl (C=O) groups excluding carboxylic acids is 3. The van der Waals surface area contributed by atoms with Crippen molar-refractivity contribution in [3.63, 3.8) is 0 Å². The number of ether oxygens (including phenoxy) is 2. The van der Waals surface area contributed by atoms with Crippen LogP contribution in [0.3, 0.4) is 0 Å². The van der Waals surface area contributed by atoms with Crippen LogP contribution in [0.1, 0.15) is 82.1 Å². The average Bonchev–Trinajstić information content (AvgIpc) is 3.71. The quantitative estimate of drug-likeness (QED) is 0.334. The van der Waals surface area contributed by atoms with E-state index in [0.29, 0.717) is 49.5 Å². The Bertz CT molecular complexity index is 1490. The third-order valence-corrected chi connectivity index (χ3v) is 11.0. The first kappa shape index (κ1) is 32.3. The van der Waals surface area contributed by atoms with Gasteiger partial charge >= 0.3 is 12.1 Å². The van der Waals surface area contributed by atoms with Gasteiger partial charge in [-0.3, -0.25) is 14.2 Å². The molecule has 12 heteroatoms. The number of methoxy groups -OCH3 is 1. The molecule has 2 saturated carbocycles. The van der Waals surface area contributed by atoms with Crippen molar-refractivity contribution in [3.05, 3.63) is 30.0 Å². The molecule has 0 bridgehead atoms. The lowest BCUT2D eigenvalue weighted by Gasteiger charge is -2.37. The van der Waals surface area contributed by atoms with Crippen molar-refractivity contribution >= 4 is 40.5 Å². The van der Waals surface area contributed by atoms with Gasteiger partial charge in [0.1, 0.15) is 18.4 Å². The predicted octanol–water partition coefficient (Wildman–Crippen LogP) is 5.28. The Morgan fingerprint density at radius 1 is 1.07 bits per heavy atom. The Balaban J connectivity index is 1.20. The molecule has 0 unspecified atom stereocenters. The smallest absolute Gasteiger partial charge is 0.404 e. The molecule has 3 amide bonds. The molecule has 3 fully saturated rings. The summed E-state index contributed by atoms with van der Waals surface area (Å²) in [7, 11) is 1.74. The molecule has 1 aromatic carbocycles. The number of anilines is 1. The number of cyclic esters (lactones) is 1. The molecular weight excluding hydrogens is 595 g/mol. The first-order valence-electron chi connectivity index (χ1n) is 16.6. The van der Waals surface area contributed by atoms with Crippen LogP contribution in [-0.4, -0.2) is 77.0 Å². The second kappa shape index (κ2) is 12.8. The molecule has 0 spiro atoms. The fourth-order valence-electron chi connectivity index (χ4n) is 8.65. The van der Waals surface area contributed by atoms with E-state index in [1.807, 2.05) is 36.6 Å². The third kappa shape index (κ3) is 6.08. The van der Waals surface area contributed by atoms with E-state index in [2.05, 4.69) is 10.6 Å². The summed E-state index contributed by atoms with van der Waals surface area (Å²) in [5.41, 5.74) is 1.09. The van der Waals surface area contributed by atoms with Gasteiger partial charge in [0, 0.05) is 30.6 Å². The zero-order valence-corrected chi connectivity index (χ0v) is 26.8. The molecule has 2 aliphatic heterocycles. The summed E-state index contributed by atoms with van der Waals surface area (Å²) in [4.78, 5) is 53.6. The summed E-state index contributed by atoms with van der Waals surface area (Å²) in [5, 5.41) is 15.3. The van der Waals surface area contributed by atoms with E-state index in [-0.39, 0.29) is 41.6 Å². The Kier molecular flexibility index (Phi) is 9.02. The topological polar surface area (TPSA) is 139 Å². The number of rotatable bonds is 8. The van der Waals surface area contributed by atoms with Crippen LogP contribution in [0.5, 0.6) is 0 Å². The van der Waals surface area contributed by atoms with E-state index < -0.39 is 30.6 Å². The van der Waals surface area contributed by atoms with Crippen LogP contribution < -0.4 is 10.6 Å². The molecule has 250 valence electrons. The van der Waals surface area contributed by atoms with Crippen LogP contribution in [-0.2, 0) is 24.8 Å². The van der Waals surface area contributed by atoms with Crippen LogP contribution in [0, 0.1) is 23.7 Å². The maximum Gasteiger partial charge on any atom is 0.404 e. The number of halogens is 1. The van der Waals surface area contributed by atoms with Gasteiger partial charge in [0.2, 0.25) is 11.8 Å². The number of alkyl halides is 1. The number of nitrogens with one attached hydrogen (secondary N) is 2. The highest BCUT2D eigenvalue weighted by Gasteiger charge is 2.47. The fraction of sp³-hybridized carbons (Fsp3) is 0.647. The van der Waals surface area contributed by atoms with Crippen LogP contribution in [0.2, 0.25) is 0 Å². The Morgan fingerprint density at radius 3 is 2.43 bits per heavy atom. The van der Waals surface area contributed by atoms with Crippen molar-refractivity contribution in [2.45, 2.75) is 95.5 Å². The van der Waals surface area contributed by atoms with Gasteiger partial charge in [-0.15, -0.1) is 0 Å². The highest BCUT2D eigenvalue weighted by atomic mass is 19.1. The molecule has 1 aromatic heterocycles. The van der Waals surface area contributed by atoms with E-state index in [4.69, 9.17) is 14.6 Å². The van der Waals surface area contributed by atoms with Crippen LogP contribution in [0.25, 0.3) is 10.9 Å². The van der Waals surface area contributed by atoms with Crippen molar-refractivity contribution in [2.24, 2.45) is 23.7 Å². The number of benzene rings is 1. The molecule has 4 aliphatic rings. The van der Waals surface area contributed by atoms with Crippen LogP contribution in [0.15, 0.2) is 24.3 Å². The van der Waals surface area contributed by atoms with Crippen molar-refractivity contribution in [1.82, 2.24) is 14.8 Å². The number of carbonyl (C=O) groups is 4. The molecule has 1 saturated heterocycles. The lowest BCUT2D eigenvalue weighted by atomic mass is 9.75. The number of hydrogen-bond donors (Lipinski definition) is 3. The number of hydrogen-bond acceptors (Lipinski definition) is 6. The minimum atomic E-state index is -1.25. The first-order valence-corrected chi connectivity index (χ1v) is 16.6. The van der Waals surface area contributed by atoms with Crippen molar-refractivity contribution in [1.29, 1.82) is 0 Å². The lowest BCUT2D eigenvalue weighted by Crippen LogP contribution is -2.50. The standard InChI is InChI=1S/C34H45FN4O7/c1-34(2)39-27-13-10-23(16-22(27)17-28(39)32(42)46-34)36-30(40)29-25(19-8-11-24(45-3)12-9-19)14-15-38(29)31(41)21-6-4-20(5-7-21)26(18-35)37-33(43)44/h10,13,16-17,19-21,24-26,29,37H,4-9,11-12,14-15,18H2,1-3H3,(H,36,40)(H,43,44)/t19-,20?,21?,24-,25-,26+,29-/m0/s1. The Hall–Kier alpha value is -3.67. The Morgan fingerprint density at radius 2 is 1.78 bits per heavy atom. The van der Waals surface area contributed by atoms with E-state index in [9.17, 15) is 23.6 Å². The summed E-state index contributed by atoms with van der Waals surface area (Å²) in [6.45, 7) is 3.39. The largest absolute Gasteiger partial charge is 0.465 e. The Labute approximate surface area is 268 Å². The summed E-state index contributed by atoms with van der Waals surface area (Å²) in [5.74, 6) is -0.778. The molecule has 46 heavy (non-hydrogen) atoms. The van der Waals surface area contributed by atoms with E-state index in [1.54, 1.807) is 18.1 Å². The zero-order chi connectivity index (χ0) is 32.7. The third-order valence-electron chi connectivity index (χ3n) is 11.0. The molecule has 0 radical (unpaired) electrons. The minimum Gasteiger partial charge on any atom is -0.465 e. The predicted molar refractivity (Wildman–Crippen MR) is 168 cm³/mol. The zero-order valence-electron chi connectivity index (χ0n) is 26.8.